The number of rotatable bonds is 5. The minimum absolute atomic E-state index is 0.163. The van der Waals surface area contributed by atoms with E-state index in [2.05, 4.69) is 0 Å². The number of halogens is 1. The molecule has 0 saturated carbocycles. The van der Waals surface area contributed by atoms with Gasteiger partial charge in [0.2, 0.25) is 10.0 Å². The van der Waals surface area contributed by atoms with Gasteiger partial charge in [-0.25, -0.2) is 12.8 Å². The van der Waals surface area contributed by atoms with Gasteiger partial charge < -0.3 is 4.42 Å². The minimum Gasteiger partial charge on any atom is -0.465 e. The Hall–Kier alpha value is -1.66. The van der Waals surface area contributed by atoms with E-state index < -0.39 is 10.0 Å². The number of aryl methyl sites for hydroxylation is 1. The molecule has 0 aliphatic heterocycles. The van der Waals surface area contributed by atoms with Crippen LogP contribution < -0.4 is 0 Å². The van der Waals surface area contributed by atoms with Crippen LogP contribution in [0.5, 0.6) is 0 Å². The van der Waals surface area contributed by atoms with E-state index >= 15 is 0 Å². The predicted molar refractivity (Wildman–Crippen MR) is 73.9 cm³/mol. The van der Waals surface area contributed by atoms with Crippen molar-refractivity contribution in [1.29, 1.82) is 0 Å². The van der Waals surface area contributed by atoms with E-state index in [9.17, 15) is 12.8 Å². The fraction of sp³-hybridized carbons (Fsp3) is 0.286. The van der Waals surface area contributed by atoms with Crippen LogP contribution in [0.1, 0.15) is 17.1 Å². The van der Waals surface area contributed by atoms with Gasteiger partial charge in [0.15, 0.2) is 0 Å². The summed E-state index contributed by atoms with van der Waals surface area (Å²) in [6, 6.07) is 8.98. The van der Waals surface area contributed by atoms with E-state index in [4.69, 9.17) is 4.42 Å². The summed E-state index contributed by atoms with van der Waals surface area (Å²) in [5.41, 5.74) is 0.550. The molecule has 108 valence electrons. The highest BCUT2D eigenvalue weighted by Gasteiger charge is 2.19. The van der Waals surface area contributed by atoms with E-state index in [1.54, 1.807) is 19.1 Å². The van der Waals surface area contributed by atoms with E-state index in [0.29, 0.717) is 11.3 Å². The molecule has 20 heavy (non-hydrogen) atoms. The molecule has 4 nitrogen and oxygen atoms in total. The van der Waals surface area contributed by atoms with Gasteiger partial charge >= 0.3 is 0 Å². The minimum atomic E-state index is -3.46. The van der Waals surface area contributed by atoms with Crippen LogP contribution in [0.15, 0.2) is 40.8 Å². The molecule has 0 aliphatic carbocycles. The van der Waals surface area contributed by atoms with Gasteiger partial charge in [0.25, 0.3) is 0 Å². The number of hydrogen-bond acceptors (Lipinski definition) is 3. The molecule has 0 saturated heterocycles. The van der Waals surface area contributed by atoms with Gasteiger partial charge in [-0.15, -0.1) is 0 Å². The predicted octanol–water partition coefficient (Wildman–Crippen LogP) is 2.69. The molecule has 1 heterocycles. The van der Waals surface area contributed by atoms with Crippen molar-refractivity contribution in [1.82, 2.24) is 4.31 Å². The lowest BCUT2D eigenvalue weighted by Gasteiger charge is -2.15. The fourth-order valence-corrected chi connectivity index (χ4v) is 2.95. The Bertz CT molecular complexity index is 677. The Morgan fingerprint density at radius 3 is 2.35 bits per heavy atom. The molecule has 2 rings (SSSR count). The Balaban J connectivity index is 2.07. The first-order valence-electron chi connectivity index (χ1n) is 6.10. The molecule has 2 aromatic rings. The van der Waals surface area contributed by atoms with E-state index in [1.807, 2.05) is 0 Å². The van der Waals surface area contributed by atoms with Gasteiger partial charge in [-0.2, -0.15) is 4.31 Å². The third-order valence-electron chi connectivity index (χ3n) is 2.91. The van der Waals surface area contributed by atoms with Crippen LogP contribution in [0.25, 0.3) is 0 Å². The molecule has 0 N–H and O–H groups in total. The molecule has 0 amide bonds. The Labute approximate surface area is 117 Å². The lowest BCUT2D eigenvalue weighted by Crippen LogP contribution is -2.27. The van der Waals surface area contributed by atoms with Gasteiger partial charge in [-0.3, -0.25) is 0 Å². The van der Waals surface area contributed by atoms with Gasteiger partial charge in [-0.1, -0.05) is 12.1 Å². The summed E-state index contributed by atoms with van der Waals surface area (Å²) < 4.78 is 43.8. The van der Waals surface area contributed by atoms with Gasteiger partial charge in [0, 0.05) is 7.05 Å². The average Bonchev–Trinajstić information content (AvgIpc) is 2.77. The normalized spacial score (nSPS) is 12.0. The first-order chi connectivity index (χ1) is 9.37. The summed E-state index contributed by atoms with van der Waals surface area (Å²) in [6.45, 7) is 1.98. The topological polar surface area (TPSA) is 50.5 Å². The van der Waals surface area contributed by atoms with Crippen molar-refractivity contribution in [2.75, 3.05) is 7.05 Å². The maximum absolute atomic E-state index is 12.8. The molecule has 0 radical (unpaired) electrons. The Kier molecular flexibility index (Phi) is 4.25. The Morgan fingerprint density at radius 2 is 1.80 bits per heavy atom. The third-order valence-corrected chi connectivity index (χ3v) is 4.69. The van der Waals surface area contributed by atoms with Crippen LogP contribution in [0.4, 0.5) is 4.39 Å². The molecule has 0 atom stereocenters. The number of furan rings is 1. The highest BCUT2D eigenvalue weighted by Crippen LogP contribution is 2.15. The largest absolute Gasteiger partial charge is 0.465 e. The molecular weight excluding hydrogens is 281 g/mol. The van der Waals surface area contributed by atoms with E-state index in [1.165, 1.54) is 35.6 Å². The summed E-state index contributed by atoms with van der Waals surface area (Å²) >= 11 is 0. The van der Waals surface area contributed by atoms with Crippen LogP contribution in [0, 0.1) is 12.7 Å². The SMILES string of the molecule is Cc1ccc(CN(C)S(=O)(=O)Cc2ccc(F)cc2)o1. The summed E-state index contributed by atoms with van der Waals surface area (Å²) in [4.78, 5) is 0. The second kappa shape index (κ2) is 5.76. The smallest absolute Gasteiger partial charge is 0.218 e. The van der Waals surface area contributed by atoms with Crippen LogP contribution in [0.2, 0.25) is 0 Å². The van der Waals surface area contributed by atoms with Crippen molar-refractivity contribution >= 4 is 10.0 Å². The maximum atomic E-state index is 12.8. The maximum Gasteiger partial charge on any atom is 0.218 e. The number of benzene rings is 1. The quantitative estimate of drug-likeness (QED) is 0.852. The number of hydrogen-bond donors (Lipinski definition) is 0. The second-order valence-electron chi connectivity index (χ2n) is 4.65. The molecular formula is C14H16FNO3S. The molecule has 0 aliphatic rings. The Morgan fingerprint density at radius 1 is 1.15 bits per heavy atom. The van der Waals surface area contributed by atoms with Crippen molar-refractivity contribution < 1.29 is 17.2 Å². The molecule has 6 heteroatoms. The monoisotopic (exact) mass is 297 g/mol. The van der Waals surface area contributed by atoms with Crippen LogP contribution in [-0.2, 0) is 22.3 Å². The zero-order valence-electron chi connectivity index (χ0n) is 11.3. The summed E-state index contributed by atoms with van der Waals surface area (Å²) in [7, 11) is -1.97. The number of nitrogens with zero attached hydrogens (tertiary/aromatic N) is 1. The summed E-state index contributed by atoms with van der Waals surface area (Å²) in [6.07, 6.45) is 0. The van der Waals surface area contributed by atoms with Crippen molar-refractivity contribution in [3.8, 4) is 0 Å². The molecule has 0 fully saturated rings. The fourth-order valence-electron chi connectivity index (χ4n) is 1.79. The molecule has 0 spiro atoms. The first-order valence-corrected chi connectivity index (χ1v) is 7.71. The van der Waals surface area contributed by atoms with E-state index in [0.717, 1.165) is 5.76 Å². The third kappa shape index (κ3) is 3.68. The average molecular weight is 297 g/mol. The van der Waals surface area contributed by atoms with Crippen LogP contribution in [0.3, 0.4) is 0 Å². The van der Waals surface area contributed by atoms with Crippen LogP contribution in [-0.4, -0.2) is 19.8 Å². The first kappa shape index (κ1) is 14.7. The lowest BCUT2D eigenvalue weighted by atomic mass is 10.2. The summed E-state index contributed by atoms with van der Waals surface area (Å²) in [5.74, 6) is 0.784. The van der Waals surface area contributed by atoms with Crippen molar-refractivity contribution in [3.63, 3.8) is 0 Å². The highest BCUT2D eigenvalue weighted by atomic mass is 32.2. The zero-order valence-corrected chi connectivity index (χ0v) is 12.2. The lowest BCUT2D eigenvalue weighted by molar-refractivity contribution is 0.397. The van der Waals surface area contributed by atoms with Crippen molar-refractivity contribution in [2.45, 2.75) is 19.2 Å². The van der Waals surface area contributed by atoms with Crippen LogP contribution >= 0.6 is 0 Å². The molecule has 0 bridgehead atoms. The standard InChI is InChI=1S/C14H16FNO3S/c1-11-3-8-14(19-11)9-16(2)20(17,18)10-12-4-6-13(15)7-5-12/h3-8H,9-10H2,1-2H3. The van der Waals surface area contributed by atoms with Gasteiger partial charge in [0.05, 0.1) is 12.3 Å². The zero-order chi connectivity index (χ0) is 14.8. The molecule has 1 aromatic heterocycles. The van der Waals surface area contributed by atoms with Crippen molar-refractivity contribution in [3.05, 3.63) is 59.3 Å². The second-order valence-corrected chi connectivity index (χ2v) is 6.73. The number of sulfonamides is 1. The molecule has 1 aromatic carbocycles. The summed E-state index contributed by atoms with van der Waals surface area (Å²) in [5, 5.41) is 0. The molecule has 0 unspecified atom stereocenters. The highest BCUT2D eigenvalue weighted by molar-refractivity contribution is 7.88. The van der Waals surface area contributed by atoms with E-state index in [-0.39, 0.29) is 18.1 Å². The van der Waals surface area contributed by atoms with Gasteiger partial charge in [0.1, 0.15) is 17.3 Å². The van der Waals surface area contributed by atoms with Gasteiger partial charge in [-0.05, 0) is 36.8 Å². The van der Waals surface area contributed by atoms with Crippen molar-refractivity contribution in [2.24, 2.45) is 0 Å².